The molecular formula is C42H82O4. The molecule has 0 saturated carbocycles. The molecule has 0 amide bonds. The maximum absolute atomic E-state index is 12.7. The molecular weight excluding hydrogens is 568 g/mol. The summed E-state index contributed by atoms with van der Waals surface area (Å²) < 4.78 is 6.04. The molecule has 0 radical (unpaired) electrons. The molecule has 0 heterocycles. The Morgan fingerprint density at radius 1 is 0.391 bits per heavy atom. The first kappa shape index (κ1) is 44.9. The predicted molar refractivity (Wildman–Crippen MR) is 200 cm³/mol. The second kappa shape index (κ2) is 38.4. The van der Waals surface area contributed by atoms with E-state index in [0.717, 1.165) is 51.4 Å². The molecule has 0 aromatic rings. The number of carbonyl (C=O) groups is 2. The van der Waals surface area contributed by atoms with Crippen LogP contribution in [0.4, 0.5) is 0 Å². The van der Waals surface area contributed by atoms with Crippen molar-refractivity contribution in [1.29, 1.82) is 0 Å². The van der Waals surface area contributed by atoms with Gasteiger partial charge in [0.15, 0.2) is 0 Å². The second-order valence-corrected chi connectivity index (χ2v) is 14.5. The van der Waals surface area contributed by atoms with Crippen LogP contribution in [0.5, 0.6) is 0 Å². The molecule has 0 aliphatic carbocycles. The average molecular weight is 651 g/mol. The molecule has 0 saturated heterocycles. The van der Waals surface area contributed by atoms with Gasteiger partial charge in [-0.15, -0.1) is 0 Å². The topological polar surface area (TPSA) is 63.6 Å². The molecule has 0 aromatic heterocycles. The van der Waals surface area contributed by atoms with Gasteiger partial charge in [-0.3, -0.25) is 9.59 Å². The Kier molecular flexibility index (Phi) is 37.5. The fourth-order valence-corrected chi connectivity index (χ4v) is 6.72. The van der Waals surface area contributed by atoms with E-state index in [1.807, 2.05) is 0 Å². The molecule has 1 atom stereocenters. The quantitative estimate of drug-likeness (QED) is 0.0531. The zero-order valence-corrected chi connectivity index (χ0v) is 31.4. The van der Waals surface area contributed by atoms with Crippen LogP contribution in [0.3, 0.4) is 0 Å². The molecule has 0 fully saturated rings. The van der Waals surface area contributed by atoms with Crippen molar-refractivity contribution in [2.24, 2.45) is 0 Å². The van der Waals surface area contributed by atoms with Gasteiger partial charge < -0.3 is 9.84 Å². The SMILES string of the molecule is CCCCCCCCCCCCCCCCCCCC(=O)OC(CCCCCCCCC)CCCCCCCCCCCC(=O)O. The summed E-state index contributed by atoms with van der Waals surface area (Å²) >= 11 is 0. The third-order valence-electron chi connectivity index (χ3n) is 9.83. The van der Waals surface area contributed by atoms with Crippen LogP contribution >= 0.6 is 0 Å². The first-order valence-corrected chi connectivity index (χ1v) is 21.0. The average Bonchev–Trinajstić information content (AvgIpc) is 3.04. The van der Waals surface area contributed by atoms with Gasteiger partial charge in [0.25, 0.3) is 0 Å². The van der Waals surface area contributed by atoms with Gasteiger partial charge >= 0.3 is 11.9 Å². The van der Waals surface area contributed by atoms with Gasteiger partial charge in [-0.2, -0.15) is 0 Å². The van der Waals surface area contributed by atoms with E-state index in [0.29, 0.717) is 12.8 Å². The highest BCUT2D eigenvalue weighted by Crippen LogP contribution is 2.19. The lowest BCUT2D eigenvalue weighted by molar-refractivity contribution is -0.150. The molecule has 0 aromatic carbocycles. The number of ether oxygens (including phenoxy) is 1. The molecule has 0 aliphatic rings. The number of unbranched alkanes of at least 4 members (excludes halogenated alkanes) is 30. The van der Waals surface area contributed by atoms with Crippen LogP contribution in [-0.2, 0) is 14.3 Å². The Morgan fingerprint density at radius 2 is 0.652 bits per heavy atom. The molecule has 4 nitrogen and oxygen atoms in total. The Balaban J connectivity index is 3.89. The highest BCUT2D eigenvalue weighted by Gasteiger charge is 2.14. The summed E-state index contributed by atoms with van der Waals surface area (Å²) in [5, 5.41) is 8.73. The van der Waals surface area contributed by atoms with Crippen LogP contribution in [0.2, 0.25) is 0 Å². The minimum atomic E-state index is -0.675. The van der Waals surface area contributed by atoms with Crippen LogP contribution in [0, 0.1) is 0 Å². The van der Waals surface area contributed by atoms with E-state index in [2.05, 4.69) is 13.8 Å². The highest BCUT2D eigenvalue weighted by molar-refractivity contribution is 5.69. The van der Waals surface area contributed by atoms with E-state index >= 15 is 0 Å². The first-order valence-electron chi connectivity index (χ1n) is 21.0. The van der Waals surface area contributed by atoms with Crippen LogP contribution in [0.1, 0.15) is 251 Å². The van der Waals surface area contributed by atoms with E-state index in [1.54, 1.807) is 0 Å². The maximum Gasteiger partial charge on any atom is 0.306 e. The van der Waals surface area contributed by atoms with Gasteiger partial charge in [0.05, 0.1) is 0 Å². The number of carboxylic acids is 1. The molecule has 4 heteroatoms. The first-order chi connectivity index (χ1) is 22.6. The summed E-state index contributed by atoms with van der Waals surface area (Å²) in [7, 11) is 0. The third kappa shape index (κ3) is 37.4. The smallest absolute Gasteiger partial charge is 0.306 e. The zero-order chi connectivity index (χ0) is 33.6. The van der Waals surface area contributed by atoms with Crippen LogP contribution in [0.15, 0.2) is 0 Å². The monoisotopic (exact) mass is 651 g/mol. The van der Waals surface area contributed by atoms with E-state index < -0.39 is 5.97 Å². The zero-order valence-electron chi connectivity index (χ0n) is 31.4. The Labute approximate surface area is 288 Å². The predicted octanol–water partition coefficient (Wildman–Crippen LogP) is 14.5. The lowest BCUT2D eigenvalue weighted by Crippen LogP contribution is -2.18. The molecule has 1 unspecified atom stereocenters. The van der Waals surface area contributed by atoms with Crippen molar-refractivity contribution in [3.63, 3.8) is 0 Å². The van der Waals surface area contributed by atoms with E-state index in [1.165, 1.54) is 173 Å². The molecule has 0 rings (SSSR count). The molecule has 46 heavy (non-hydrogen) atoms. The fourth-order valence-electron chi connectivity index (χ4n) is 6.72. The van der Waals surface area contributed by atoms with Gasteiger partial charge in [0.2, 0.25) is 0 Å². The molecule has 1 N–H and O–H groups in total. The second-order valence-electron chi connectivity index (χ2n) is 14.5. The number of aliphatic carboxylic acids is 1. The third-order valence-corrected chi connectivity index (χ3v) is 9.83. The van der Waals surface area contributed by atoms with Crippen LogP contribution in [0.25, 0.3) is 0 Å². The van der Waals surface area contributed by atoms with Crippen molar-refractivity contribution in [2.75, 3.05) is 0 Å². The van der Waals surface area contributed by atoms with Crippen molar-refractivity contribution in [2.45, 2.75) is 258 Å². The van der Waals surface area contributed by atoms with Crippen LogP contribution in [-0.4, -0.2) is 23.1 Å². The summed E-state index contributed by atoms with van der Waals surface area (Å²) in [6.45, 7) is 4.56. The fraction of sp³-hybridized carbons (Fsp3) is 0.952. The Morgan fingerprint density at radius 3 is 0.957 bits per heavy atom. The van der Waals surface area contributed by atoms with Crippen molar-refractivity contribution in [3.05, 3.63) is 0 Å². The number of rotatable bonds is 39. The van der Waals surface area contributed by atoms with Gasteiger partial charge in [-0.1, -0.05) is 200 Å². The number of esters is 1. The molecule has 0 bridgehead atoms. The maximum atomic E-state index is 12.7. The summed E-state index contributed by atoms with van der Waals surface area (Å²) in [5.74, 6) is -0.636. The van der Waals surface area contributed by atoms with Crippen molar-refractivity contribution < 1.29 is 19.4 Å². The van der Waals surface area contributed by atoms with Crippen molar-refractivity contribution >= 4 is 11.9 Å². The summed E-state index contributed by atoms with van der Waals surface area (Å²) in [6, 6.07) is 0. The number of hydrogen-bond acceptors (Lipinski definition) is 3. The summed E-state index contributed by atoms with van der Waals surface area (Å²) in [4.78, 5) is 23.3. The van der Waals surface area contributed by atoms with E-state index in [-0.39, 0.29) is 12.1 Å². The van der Waals surface area contributed by atoms with Gasteiger partial charge in [0.1, 0.15) is 6.10 Å². The van der Waals surface area contributed by atoms with Gasteiger partial charge in [-0.25, -0.2) is 0 Å². The standard InChI is InChI=1S/C42H82O4/c1-3-5-7-9-11-12-13-14-15-16-17-18-19-23-27-31-35-39-42(45)46-40(36-32-28-24-10-8-6-4-2)37-33-29-25-21-20-22-26-30-34-38-41(43)44/h40H,3-39H2,1-2H3,(H,43,44). The lowest BCUT2D eigenvalue weighted by Gasteiger charge is -2.18. The Hall–Kier alpha value is -1.06. The van der Waals surface area contributed by atoms with Crippen molar-refractivity contribution in [1.82, 2.24) is 0 Å². The Bertz CT molecular complexity index is 619. The normalized spacial score (nSPS) is 12.0. The largest absolute Gasteiger partial charge is 0.481 e. The van der Waals surface area contributed by atoms with Crippen molar-refractivity contribution in [3.8, 4) is 0 Å². The summed E-state index contributed by atoms with van der Waals surface area (Å²) in [5.41, 5.74) is 0. The summed E-state index contributed by atoms with van der Waals surface area (Å²) in [6.07, 6.45) is 45.7. The van der Waals surface area contributed by atoms with E-state index in [9.17, 15) is 9.59 Å². The number of carboxylic acid groups (broad SMARTS) is 1. The van der Waals surface area contributed by atoms with Gasteiger partial charge in [0, 0.05) is 12.8 Å². The molecule has 0 aliphatic heterocycles. The minimum absolute atomic E-state index is 0.0387. The highest BCUT2D eigenvalue weighted by atomic mass is 16.5. The molecule has 0 spiro atoms. The number of hydrogen-bond donors (Lipinski definition) is 1. The van der Waals surface area contributed by atoms with Gasteiger partial charge in [-0.05, 0) is 38.5 Å². The lowest BCUT2D eigenvalue weighted by atomic mass is 10.0. The minimum Gasteiger partial charge on any atom is -0.481 e. The van der Waals surface area contributed by atoms with E-state index in [4.69, 9.17) is 9.84 Å². The number of carbonyl (C=O) groups excluding carboxylic acids is 1. The molecule has 274 valence electrons. The van der Waals surface area contributed by atoms with Crippen LogP contribution < -0.4 is 0 Å².